The Labute approximate surface area is 196 Å². The third-order valence-electron chi connectivity index (χ3n) is 5.44. The van der Waals surface area contributed by atoms with E-state index in [2.05, 4.69) is 10.2 Å². The first-order valence-electron chi connectivity index (χ1n) is 10.7. The normalized spacial score (nSPS) is 14.1. The van der Waals surface area contributed by atoms with E-state index < -0.39 is 10.8 Å². The summed E-state index contributed by atoms with van der Waals surface area (Å²) >= 11 is 6.04. The Balaban J connectivity index is 1.49. The van der Waals surface area contributed by atoms with E-state index in [1.165, 1.54) is 37.5 Å². The minimum atomic E-state index is -0.542. The Morgan fingerprint density at radius 1 is 1.12 bits per heavy atom. The van der Waals surface area contributed by atoms with Gasteiger partial charge in [-0.3, -0.25) is 19.8 Å². The van der Waals surface area contributed by atoms with Gasteiger partial charge < -0.3 is 14.5 Å². The number of anilines is 1. The van der Waals surface area contributed by atoms with Crippen LogP contribution in [-0.2, 0) is 6.54 Å². The number of aryl methyl sites for hydroxylation is 1. The van der Waals surface area contributed by atoms with Crippen LogP contribution in [0.4, 0.5) is 11.4 Å². The van der Waals surface area contributed by atoms with Crippen LogP contribution in [-0.4, -0.2) is 28.8 Å². The lowest BCUT2D eigenvalue weighted by molar-refractivity contribution is -0.384. The number of benzene rings is 2. The lowest BCUT2D eigenvalue weighted by Crippen LogP contribution is -2.28. The van der Waals surface area contributed by atoms with Crippen molar-refractivity contribution in [1.82, 2.24) is 4.90 Å². The molecule has 4 rings (SSSR count). The smallest absolute Gasteiger partial charge is 0.291 e. The van der Waals surface area contributed by atoms with Crippen LogP contribution in [0.5, 0.6) is 11.5 Å². The number of non-ortho nitro benzene ring substituents is 1. The van der Waals surface area contributed by atoms with Crippen LogP contribution in [0.1, 0.15) is 41.1 Å². The van der Waals surface area contributed by atoms with Crippen LogP contribution in [0.2, 0.25) is 5.02 Å². The van der Waals surface area contributed by atoms with Crippen LogP contribution in [0.25, 0.3) is 0 Å². The van der Waals surface area contributed by atoms with Gasteiger partial charge in [-0.25, -0.2) is 0 Å². The molecule has 0 spiro atoms. The Bertz CT molecular complexity index is 1170. The minimum absolute atomic E-state index is 0.143. The molecular formula is C24H24ClN3O5. The first kappa shape index (κ1) is 22.8. The molecule has 1 saturated heterocycles. The third kappa shape index (κ3) is 5.91. The quantitative estimate of drug-likeness (QED) is 0.327. The van der Waals surface area contributed by atoms with E-state index >= 15 is 0 Å². The summed E-state index contributed by atoms with van der Waals surface area (Å²) in [5, 5.41) is 14.7. The van der Waals surface area contributed by atoms with Crippen molar-refractivity contribution < 1.29 is 18.9 Å². The minimum Gasteiger partial charge on any atom is -0.457 e. The maximum absolute atomic E-state index is 12.7. The van der Waals surface area contributed by atoms with Crippen LogP contribution in [0, 0.1) is 17.0 Å². The molecule has 172 valence electrons. The lowest BCUT2D eigenvalue weighted by atomic mass is 10.1. The van der Waals surface area contributed by atoms with Gasteiger partial charge in [-0.05, 0) is 68.8 Å². The summed E-state index contributed by atoms with van der Waals surface area (Å²) in [6, 6.07) is 12.6. The molecule has 0 aliphatic carbocycles. The molecule has 33 heavy (non-hydrogen) atoms. The number of carbonyl (C=O) groups is 1. The standard InChI is InChI=1S/C24H24ClN3O5/c1-16-11-19(5-7-22(16)25)32-21-13-17(12-18(14-21)28(30)31)26-24(29)23-8-6-20(33-23)15-27-9-3-2-4-10-27/h5-8,11-14H,2-4,9-10,15H2,1H3,(H,26,29). The van der Waals surface area contributed by atoms with Gasteiger partial charge in [-0.15, -0.1) is 0 Å². The third-order valence-corrected chi connectivity index (χ3v) is 5.86. The number of nitrogens with zero attached hydrogens (tertiary/aromatic N) is 2. The molecule has 8 nitrogen and oxygen atoms in total. The molecule has 0 bridgehead atoms. The summed E-state index contributed by atoms with van der Waals surface area (Å²) in [6.45, 7) is 4.53. The molecule has 0 radical (unpaired) electrons. The highest BCUT2D eigenvalue weighted by molar-refractivity contribution is 6.31. The van der Waals surface area contributed by atoms with Crippen LogP contribution >= 0.6 is 11.6 Å². The summed E-state index contributed by atoms with van der Waals surface area (Å²) in [4.78, 5) is 25.9. The van der Waals surface area contributed by atoms with E-state index in [-0.39, 0.29) is 22.9 Å². The van der Waals surface area contributed by atoms with Crippen molar-refractivity contribution in [2.24, 2.45) is 0 Å². The molecule has 0 unspecified atom stereocenters. The number of carbonyl (C=O) groups excluding carboxylic acids is 1. The second-order valence-electron chi connectivity index (χ2n) is 8.04. The van der Waals surface area contributed by atoms with E-state index in [4.69, 9.17) is 20.8 Å². The number of nitrogens with one attached hydrogen (secondary N) is 1. The van der Waals surface area contributed by atoms with E-state index in [0.29, 0.717) is 23.1 Å². The van der Waals surface area contributed by atoms with Crippen molar-refractivity contribution in [2.75, 3.05) is 18.4 Å². The van der Waals surface area contributed by atoms with Crippen molar-refractivity contribution in [3.63, 3.8) is 0 Å². The van der Waals surface area contributed by atoms with Crippen molar-refractivity contribution in [3.8, 4) is 11.5 Å². The van der Waals surface area contributed by atoms with Gasteiger partial charge in [0.15, 0.2) is 5.76 Å². The van der Waals surface area contributed by atoms with Gasteiger partial charge in [0.05, 0.1) is 23.2 Å². The zero-order valence-electron chi connectivity index (χ0n) is 18.2. The molecule has 1 N–H and O–H groups in total. The van der Waals surface area contributed by atoms with Crippen molar-refractivity contribution in [1.29, 1.82) is 0 Å². The second kappa shape index (κ2) is 10.1. The Morgan fingerprint density at radius 3 is 2.64 bits per heavy atom. The fraction of sp³-hybridized carbons (Fsp3) is 0.292. The van der Waals surface area contributed by atoms with Gasteiger partial charge in [-0.1, -0.05) is 18.0 Å². The van der Waals surface area contributed by atoms with E-state index in [0.717, 1.165) is 18.7 Å². The van der Waals surface area contributed by atoms with Crippen LogP contribution in [0.15, 0.2) is 52.9 Å². The maximum Gasteiger partial charge on any atom is 0.291 e. The molecule has 1 aromatic heterocycles. The monoisotopic (exact) mass is 469 g/mol. The van der Waals surface area contributed by atoms with Crippen LogP contribution in [0.3, 0.4) is 0 Å². The lowest BCUT2D eigenvalue weighted by Gasteiger charge is -2.25. The average molecular weight is 470 g/mol. The number of furan rings is 1. The number of piperidine rings is 1. The Kier molecular flexibility index (Phi) is 6.96. The second-order valence-corrected chi connectivity index (χ2v) is 8.45. The van der Waals surface area contributed by atoms with Gasteiger partial charge in [0.1, 0.15) is 17.3 Å². The van der Waals surface area contributed by atoms with E-state index in [1.54, 1.807) is 30.3 Å². The summed E-state index contributed by atoms with van der Waals surface area (Å²) in [5.41, 5.74) is 0.828. The fourth-order valence-corrected chi connectivity index (χ4v) is 3.87. The predicted octanol–water partition coefficient (Wildman–Crippen LogP) is 6.18. The number of nitro benzene ring substituents is 1. The van der Waals surface area contributed by atoms with Gasteiger partial charge in [0.2, 0.25) is 0 Å². The van der Waals surface area contributed by atoms with Gasteiger partial charge >= 0.3 is 0 Å². The number of nitro groups is 1. The molecule has 1 aliphatic heterocycles. The topological polar surface area (TPSA) is 97.8 Å². The SMILES string of the molecule is Cc1cc(Oc2cc(NC(=O)c3ccc(CN4CCCCC4)o3)cc([N+](=O)[O-])c2)ccc1Cl. The van der Waals surface area contributed by atoms with Crippen molar-refractivity contribution in [3.05, 3.63) is 80.8 Å². The molecule has 3 aromatic rings. The van der Waals surface area contributed by atoms with E-state index in [1.807, 2.05) is 6.92 Å². The first-order chi connectivity index (χ1) is 15.9. The number of amides is 1. The molecule has 1 amide bonds. The predicted molar refractivity (Wildman–Crippen MR) is 125 cm³/mol. The van der Waals surface area contributed by atoms with Crippen LogP contribution < -0.4 is 10.1 Å². The van der Waals surface area contributed by atoms with Gasteiger partial charge in [-0.2, -0.15) is 0 Å². The average Bonchev–Trinajstić information content (AvgIpc) is 3.25. The van der Waals surface area contributed by atoms with Gasteiger partial charge in [0.25, 0.3) is 11.6 Å². The van der Waals surface area contributed by atoms with Gasteiger partial charge in [0, 0.05) is 17.2 Å². The van der Waals surface area contributed by atoms with E-state index in [9.17, 15) is 14.9 Å². The molecule has 0 atom stereocenters. The molecule has 2 aromatic carbocycles. The number of halogens is 1. The molecule has 1 aliphatic rings. The Hall–Kier alpha value is -3.36. The molecular weight excluding hydrogens is 446 g/mol. The number of likely N-dealkylation sites (tertiary alicyclic amines) is 1. The number of hydrogen-bond acceptors (Lipinski definition) is 6. The first-order valence-corrected chi connectivity index (χ1v) is 11.1. The maximum atomic E-state index is 12.7. The number of ether oxygens (including phenoxy) is 1. The number of rotatable bonds is 7. The zero-order valence-corrected chi connectivity index (χ0v) is 18.9. The molecule has 2 heterocycles. The highest BCUT2D eigenvalue weighted by atomic mass is 35.5. The summed E-state index contributed by atoms with van der Waals surface area (Å²) in [7, 11) is 0. The number of hydrogen-bond donors (Lipinski definition) is 1. The molecule has 9 heteroatoms. The highest BCUT2D eigenvalue weighted by Gasteiger charge is 2.18. The zero-order chi connectivity index (χ0) is 23.4. The molecule has 0 saturated carbocycles. The summed E-state index contributed by atoms with van der Waals surface area (Å²) < 4.78 is 11.5. The highest BCUT2D eigenvalue weighted by Crippen LogP contribution is 2.31. The fourth-order valence-electron chi connectivity index (χ4n) is 3.75. The summed E-state index contributed by atoms with van der Waals surface area (Å²) in [5.74, 6) is 1.05. The van der Waals surface area contributed by atoms with Crippen molar-refractivity contribution >= 4 is 28.9 Å². The van der Waals surface area contributed by atoms with Crippen molar-refractivity contribution in [2.45, 2.75) is 32.7 Å². The Morgan fingerprint density at radius 2 is 1.91 bits per heavy atom. The molecule has 1 fully saturated rings. The largest absolute Gasteiger partial charge is 0.457 e. The summed E-state index contributed by atoms with van der Waals surface area (Å²) in [6.07, 6.45) is 3.58.